The van der Waals surface area contributed by atoms with Gasteiger partial charge in [-0.05, 0) is 19.1 Å². The monoisotopic (exact) mass is 320 g/mol. The number of aryl methyl sites for hydroxylation is 1. The maximum atomic E-state index is 11.8. The number of hydrogen-bond donors (Lipinski definition) is 0. The quantitative estimate of drug-likeness (QED) is 0.693. The third-order valence-electron chi connectivity index (χ3n) is 2.96. The van der Waals surface area contributed by atoms with Crippen molar-refractivity contribution in [2.24, 2.45) is 0 Å². The van der Waals surface area contributed by atoms with Gasteiger partial charge in [0.15, 0.2) is 0 Å². The van der Waals surface area contributed by atoms with Gasteiger partial charge in [-0.2, -0.15) is 0 Å². The minimum absolute atomic E-state index is 0.0565. The predicted octanol–water partition coefficient (Wildman–Crippen LogP) is 2.57. The summed E-state index contributed by atoms with van der Waals surface area (Å²) in [6, 6.07) is 7.77. The molecule has 5 nitrogen and oxygen atoms in total. The molecule has 0 unspecified atom stereocenters. The molecule has 0 fully saturated rings. The number of aromatic nitrogens is 2. The fourth-order valence-electron chi connectivity index (χ4n) is 1.89. The Kier molecular flexibility index (Phi) is 3.85. The summed E-state index contributed by atoms with van der Waals surface area (Å²) in [5.41, 5.74) is 1.67. The lowest BCUT2D eigenvalue weighted by Gasteiger charge is -2.04. The van der Waals surface area contributed by atoms with E-state index in [9.17, 15) is 9.59 Å². The Balaban J connectivity index is 1.64. The highest BCUT2D eigenvalue weighted by atomic mass is 32.1. The van der Waals surface area contributed by atoms with Crippen molar-refractivity contribution in [3.05, 3.63) is 50.0 Å². The van der Waals surface area contributed by atoms with E-state index in [4.69, 9.17) is 4.74 Å². The molecular weight excluding hydrogens is 308 g/mol. The molecular formula is C14H12N2O3S2. The summed E-state index contributed by atoms with van der Waals surface area (Å²) in [5, 5.41) is 2.47. The molecule has 2 heterocycles. The second kappa shape index (κ2) is 5.79. The number of carbonyl (C=O) groups is 1. The van der Waals surface area contributed by atoms with Gasteiger partial charge in [0, 0.05) is 11.1 Å². The van der Waals surface area contributed by atoms with Crippen molar-refractivity contribution in [1.29, 1.82) is 0 Å². The van der Waals surface area contributed by atoms with Crippen LogP contribution in [0.4, 0.5) is 0 Å². The molecule has 0 radical (unpaired) electrons. The van der Waals surface area contributed by atoms with E-state index in [0.29, 0.717) is 0 Å². The Labute approximate surface area is 128 Å². The number of esters is 1. The Hall–Kier alpha value is -1.99. The molecule has 108 valence electrons. The number of ether oxygens (including phenoxy) is 1. The van der Waals surface area contributed by atoms with Gasteiger partial charge in [-0.25, -0.2) is 4.98 Å². The molecule has 3 rings (SSSR count). The molecule has 0 aliphatic carbocycles. The Bertz CT molecular complexity index is 814. The largest absolute Gasteiger partial charge is 0.457 e. The average Bonchev–Trinajstić information content (AvgIpc) is 3.03. The zero-order chi connectivity index (χ0) is 14.8. The van der Waals surface area contributed by atoms with Gasteiger partial charge in [-0.3, -0.25) is 14.2 Å². The average molecular weight is 320 g/mol. The summed E-state index contributed by atoms with van der Waals surface area (Å²) >= 11 is 2.58. The number of fused-ring (bicyclic) bond motifs is 1. The summed E-state index contributed by atoms with van der Waals surface area (Å²) in [6.07, 6.45) is 0. The highest BCUT2D eigenvalue weighted by Gasteiger charge is 2.11. The van der Waals surface area contributed by atoms with Crippen LogP contribution in [0.2, 0.25) is 0 Å². The molecule has 0 aliphatic heterocycles. The van der Waals surface area contributed by atoms with Gasteiger partial charge in [0.1, 0.15) is 18.2 Å². The van der Waals surface area contributed by atoms with Crippen LogP contribution < -0.4 is 4.87 Å². The van der Waals surface area contributed by atoms with Gasteiger partial charge >= 0.3 is 10.8 Å². The molecule has 7 heteroatoms. The van der Waals surface area contributed by atoms with Crippen molar-refractivity contribution in [2.45, 2.75) is 20.1 Å². The highest BCUT2D eigenvalue weighted by Crippen LogP contribution is 2.21. The maximum absolute atomic E-state index is 11.8. The first kappa shape index (κ1) is 14.0. The third kappa shape index (κ3) is 3.03. The van der Waals surface area contributed by atoms with Crippen LogP contribution in [0.5, 0.6) is 0 Å². The molecule has 0 atom stereocenters. The van der Waals surface area contributed by atoms with Crippen LogP contribution in [0.1, 0.15) is 10.7 Å². The van der Waals surface area contributed by atoms with Crippen LogP contribution in [0.15, 0.2) is 34.4 Å². The van der Waals surface area contributed by atoms with E-state index in [-0.39, 0.29) is 18.0 Å². The lowest BCUT2D eigenvalue weighted by molar-refractivity contribution is -0.145. The summed E-state index contributed by atoms with van der Waals surface area (Å²) in [4.78, 5) is 27.6. The number of rotatable bonds is 4. The van der Waals surface area contributed by atoms with Gasteiger partial charge < -0.3 is 4.74 Å². The van der Waals surface area contributed by atoms with Crippen molar-refractivity contribution in [1.82, 2.24) is 9.55 Å². The smallest absolute Gasteiger partial charge is 0.326 e. The summed E-state index contributed by atoms with van der Waals surface area (Å²) < 4.78 is 7.67. The Morgan fingerprint density at radius 2 is 2.19 bits per heavy atom. The minimum atomic E-state index is -0.433. The fourth-order valence-corrected chi connectivity index (χ4v) is 3.51. The van der Waals surface area contributed by atoms with Gasteiger partial charge in [-0.1, -0.05) is 23.5 Å². The molecule has 0 saturated heterocycles. The van der Waals surface area contributed by atoms with Gasteiger partial charge in [0.05, 0.1) is 10.2 Å². The van der Waals surface area contributed by atoms with E-state index < -0.39 is 5.97 Å². The highest BCUT2D eigenvalue weighted by molar-refractivity contribution is 7.18. The van der Waals surface area contributed by atoms with E-state index >= 15 is 0 Å². The van der Waals surface area contributed by atoms with Gasteiger partial charge in [-0.15, -0.1) is 11.3 Å². The van der Waals surface area contributed by atoms with Crippen LogP contribution >= 0.6 is 22.7 Å². The van der Waals surface area contributed by atoms with Crippen LogP contribution in [0, 0.1) is 6.92 Å². The van der Waals surface area contributed by atoms with Crippen molar-refractivity contribution in [3.8, 4) is 0 Å². The molecule has 0 spiro atoms. The number of carbonyl (C=O) groups excluding carboxylic acids is 1. The third-order valence-corrected chi connectivity index (χ3v) is 4.85. The molecule has 1 aromatic carbocycles. The minimum Gasteiger partial charge on any atom is -0.457 e. The number of benzene rings is 1. The zero-order valence-corrected chi connectivity index (χ0v) is 12.9. The molecule has 0 N–H and O–H groups in total. The fraction of sp³-hybridized carbons (Fsp3) is 0.214. The van der Waals surface area contributed by atoms with Crippen molar-refractivity contribution in [2.75, 3.05) is 0 Å². The van der Waals surface area contributed by atoms with E-state index in [2.05, 4.69) is 4.98 Å². The summed E-state index contributed by atoms with van der Waals surface area (Å²) in [7, 11) is 0. The standard InChI is InChI=1S/C14H12N2O3S2/c1-9-8-20-14(18)16(9)6-13(17)19-7-12-15-10-4-2-3-5-11(10)21-12/h2-5,8H,6-7H2,1H3. The van der Waals surface area contributed by atoms with Gasteiger partial charge in [0.25, 0.3) is 0 Å². The van der Waals surface area contributed by atoms with Gasteiger partial charge in [0.2, 0.25) is 0 Å². The molecule has 21 heavy (non-hydrogen) atoms. The van der Waals surface area contributed by atoms with E-state index in [1.165, 1.54) is 15.9 Å². The van der Waals surface area contributed by atoms with Crippen molar-refractivity contribution < 1.29 is 9.53 Å². The van der Waals surface area contributed by atoms with Crippen LogP contribution in [0.3, 0.4) is 0 Å². The summed E-state index contributed by atoms with van der Waals surface area (Å²) in [5.74, 6) is -0.433. The molecule has 3 aromatic rings. The predicted molar refractivity (Wildman–Crippen MR) is 82.7 cm³/mol. The maximum Gasteiger partial charge on any atom is 0.326 e. The first-order chi connectivity index (χ1) is 10.1. The molecule has 0 aliphatic rings. The number of thiazole rings is 2. The molecule has 0 saturated carbocycles. The zero-order valence-electron chi connectivity index (χ0n) is 11.2. The van der Waals surface area contributed by atoms with Crippen LogP contribution in [0.25, 0.3) is 10.2 Å². The number of nitrogens with zero attached hydrogens (tertiary/aromatic N) is 2. The first-order valence-electron chi connectivity index (χ1n) is 6.28. The second-order valence-corrected chi connectivity index (χ2v) is 6.40. The SMILES string of the molecule is Cc1csc(=O)n1CC(=O)OCc1nc2ccccc2s1. The number of hydrogen-bond acceptors (Lipinski definition) is 6. The molecule has 0 amide bonds. The Morgan fingerprint density at radius 3 is 2.90 bits per heavy atom. The number of para-hydroxylation sites is 1. The molecule has 2 aromatic heterocycles. The normalized spacial score (nSPS) is 10.9. The first-order valence-corrected chi connectivity index (χ1v) is 7.98. The Morgan fingerprint density at radius 1 is 1.38 bits per heavy atom. The van der Waals surface area contributed by atoms with E-state index in [1.807, 2.05) is 24.3 Å². The lowest BCUT2D eigenvalue weighted by Crippen LogP contribution is -2.22. The van der Waals surface area contributed by atoms with E-state index in [0.717, 1.165) is 32.3 Å². The molecule has 0 bridgehead atoms. The van der Waals surface area contributed by atoms with Crippen molar-refractivity contribution in [3.63, 3.8) is 0 Å². The van der Waals surface area contributed by atoms with Crippen molar-refractivity contribution >= 4 is 38.9 Å². The lowest BCUT2D eigenvalue weighted by atomic mass is 10.3. The topological polar surface area (TPSA) is 61.2 Å². The second-order valence-electron chi connectivity index (χ2n) is 4.47. The van der Waals surface area contributed by atoms with Crippen LogP contribution in [-0.2, 0) is 22.7 Å². The van der Waals surface area contributed by atoms with Crippen LogP contribution in [-0.4, -0.2) is 15.5 Å². The van der Waals surface area contributed by atoms with E-state index in [1.54, 1.807) is 12.3 Å². The summed E-state index contributed by atoms with van der Waals surface area (Å²) in [6.45, 7) is 1.87.